The second-order valence-corrected chi connectivity index (χ2v) is 40.7. The minimum Gasteiger partial charge on any atom is -0.481 e. The molecule has 0 spiro atoms. The van der Waals surface area contributed by atoms with Crippen molar-refractivity contribution in [2.24, 2.45) is 23.7 Å². The number of aliphatic hydroxyl groups excluding tert-OH is 1. The molecule has 0 saturated carbocycles. The molecule has 588 valence electrons. The molecule has 0 aromatic heterocycles. The Morgan fingerprint density at radius 3 is 1.45 bits per heavy atom. The molecule has 3 heterocycles. The van der Waals surface area contributed by atoms with Crippen molar-refractivity contribution in [1.82, 2.24) is 0 Å². The van der Waals surface area contributed by atoms with Gasteiger partial charge in [0.2, 0.25) is 0 Å². The van der Waals surface area contributed by atoms with E-state index in [9.17, 15) is 14.7 Å². The molecule has 0 amide bonds. The first kappa shape index (κ1) is 100. The van der Waals surface area contributed by atoms with Gasteiger partial charge in [-0.2, -0.15) is 0 Å². The second kappa shape index (κ2) is 58.2. The van der Waals surface area contributed by atoms with Crippen LogP contribution < -0.4 is 0 Å². The third-order valence-corrected chi connectivity index (χ3v) is 28.3. The Morgan fingerprint density at radius 1 is 0.624 bits per heavy atom. The van der Waals surface area contributed by atoms with E-state index in [0.29, 0.717) is 26.4 Å². The van der Waals surface area contributed by atoms with E-state index in [2.05, 4.69) is 173 Å². The zero-order valence-corrected chi connectivity index (χ0v) is 71.3. The predicted octanol–water partition coefficient (Wildman–Crippen LogP) is 19.8. The Balaban J connectivity index is 0. The highest BCUT2D eigenvalue weighted by atomic mass is 79.9. The Bertz CT molecular complexity index is 2390. The summed E-state index contributed by atoms with van der Waals surface area (Å²) in [6.45, 7) is 53.0. The van der Waals surface area contributed by atoms with Crippen LogP contribution in [0.3, 0.4) is 0 Å². The van der Waals surface area contributed by atoms with Gasteiger partial charge >= 0.3 is 11.9 Å². The highest BCUT2D eigenvalue weighted by Crippen LogP contribution is 2.41. The molecule has 0 unspecified atom stereocenters. The van der Waals surface area contributed by atoms with E-state index in [-0.39, 0.29) is 88.4 Å². The zero-order chi connectivity index (χ0) is 77.0. The number of halogens is 1. The van der Waals surface area contributed by atoms with Gasteiger partial charge in [0, 0.05) is 78.5 Å². The molecule has 16 nitrogen and oxygen atoms in total. The van der Waals surface area contributed by atoms with Gasteiger partial charge < -0.3 is 66.8 Å². The smallest absolute Gasteiger partial charge is 0.329 e. The van der Waals surface area contributed by atoms with Crippen LogP contribution in [0.25, 0.3) is 0 Å². The molecule has 101 heavy (non-hydrogen) atoms. The number of allylic oxidation sites excluding steroid dienone is 4. The highest BCUT2D eigenvalue weighted by molar-refractivity contribution is 9.09. The Labute approximate surface area is 627 Å². The molecule has 3 aliphatic rings. The van der Waals surface area contributed by atoms with Gasteiger partial charge in [-0.3, -0.25) is 4.79 Å². The molecule has 3 aliphatic heterocycles. The number of ether oxygens (including phenoxy) is 9. The maximum absolute atomic E-state index is 10.8. The minimum atomic E-state index is -1.92. The number of hydrogen-bond donors (Lipinski definition) is 3. The van der Waals surface area contributed by atoms with Gasteiger partial charge in [-0.05, 0) is 141 Å². The van der Waals surface area contributed by atoms with Gasteiger partial charge in [0.15, 0.2) is 16.6 Å². The third-order valence-electron chi connectivity index (χ3n) is 18.9. The zero-order valence-electron chi connectivity index (χ0n) is 67.7. The van der Waals surface area contributed by atoms with E-state index in [1.807, 2.05) is 52.0 Å². The number of hydrogen-bond acceptors (Lipinski definition) is 14. The van der Waals surface area contributed by atoms with Crippen molar-refractivity contribution >= 4 is 44.5 Å². The van der Waals surface area contributed by atoms with Crippen molar-refractivity contribution in [2.45, 2.75) is 285 Å². The summed E-state index contributed by atoms with van der Waals surface area (Å²) >= 11 is 2.71. The van der Waals surface area contributed by atoms with Crippen LogP contribution in [-0.4, -0.2) is 186 Å². The van der Waals surface area contributed by atoms with Crippen LogP contribution in [0.4, 0.5) is 0 Å². The maximum atomic E-state index is 10.8. The molecule has 0 bridgehead atoms. The van der Waals surface area contributed by atoms with Crippen molar-refractivity contribution in [1.29, 1.82) is 0 Å². The van der Waals surface area contributed by atoms with Gasteiger partial charge in [0.25, 0.3) is 0 Å². The Hall–Kier alpha value is -2.97. The van der Waals surface area contributed by atoms with Crippen LogP contribution >= 0.6 is 15.9 Å². The summed E-state index contributed by atoms with van der Waals surface area (Å²) in [4.78, 5) is 20.2. The van der Waals surface area contributed by atoms with Crippen LogP contribution in [0.5, 0.6) is 0 Å². The lowest BCUT2D eigenvalue weighted by Gasteiger charge is -2.42. The van der Waals surface area contributed by atoms with Crippen LogP contribution in [-0.2, 0) is 61.1 Å². The number of carbonyl (C=O) groups is 2. The third kappa shape index (κ3) is 48.1. The summed E-state index contributed by atoms with van der Waals surface area (Å²) in [5, 5.41) is 27.2. The van der Waals surface area contributed by atoms with Gasteiger partial charge in [-0.15, -0.1) is 13.2 Å². The average Bonchev–Trinajstić information content (AvgIpc) is 0.820. The fourth-order valence-electron chi connectivity index (χ4n) is 10.9. The summed E-state index contributed by atoms with van der Waals surface area (Å²) in [7, 11) is 2.98. The van der Waals surface area contributed by atoms with E-state index in [4.69, 9.17) is 61.7 Å². The van der Waals surface area contributed by atoms with E-state index in [1.54, 1.807) is 28.4 Å². The summed E-state index contributed by atoms with van der Waals surface area (Å²) in [5.74, 6) is -1.24. The molecule has 19 heteroatoms. The molecule has 0 radical (unpaired) electrons. The number of carboxylic acids is 2. The van der Waals surface area contributed by atoms with Crippen molar-refractivity contribution in [3.8, 4) is 0 Å². The summed E-state index contributed by atoms with van der Waals surface area (Å²) in [5.41, 5.74) is 4.80. The van der Waals surface area contributed by atoms with Gasteiger partial charge in [0.05, 0.1) is 50.8 Å². The molecule has 0 aromatic rings. The standard InChI is InChI=1S/C24H46O3Si.C22H42O3Si.C18H30O5.C16H28O3.C2H3BrO2/c1-11-13-14-15-16-17-26-19-20(3)18-21(4)23(22(12-2)25-8)27-28(9,10)24(5,6)7;1-18-16-19(2)21(25-26(7,8)22(3,4)5)20(23-6)14-12-10-9-11-13-15-24-17-18;1-14-11-15(2)18(23-13-17(19)20)16(21-3)9-7-5-4-6-8-10-22-12-14;1-13-11-14(2)16(17)15(18-3)9-7-5-4-6-8-10-19-12-13;3-1-2(4)5/h11-12,18,21-23H,1-2,13-17,19H2,3-10H3;12,14,16,19-21H,9-11,13,15,17H2,1-8H3;7,9,11,15-16,18H,4-6,8,10,12-13H2,1-3H3,(H,19,20);7,9,11,14-17H,4-6,8,10,12H2,1-3H3;1H2,(H,4,5)/b20-18-;14-12+,18-16-;9-7+,14-11-;9-7+,13-11-;/t21-,22+,23+;19-,20+,21+;15-,16+,18+;14-,15+,16+;/m1111./s1. The van der Waals surface area contributed by atoms with Crippen molar-refractivity contribution in [2.75, 3.05) is 93.2 Å². The normalized spacial score (nSPS) is 26.9. The van der Waals surface area contributed by atoms with E-state index >= 15 is 0 Å². The lowest BCUT2D eigenvalue weighted by Crippen LogP contribution is -2.49. The first-order valence-electron chi connectivity index (χ1n) is 37.5. The molecule has 3 N–H and O–H groups in total. The minimum absolute atomic E-state index is 0.0213. The molecule has 12 atom stereocenters. The molecule has 0 saturated heterocycles. The number of aliphatic hydroxyl groups is 1. The number of rotatable bonds is 24. The van der Waals surface area contributed by atoms with Gasteiger partial charge in [0.1, 0.15) is 36.4 Å². The number of unbranched alkanes of at least 4 members (excludes halogenated alkanes) is 3. The second-order valence-electron chi connectivity index (χ2n) is 30.6. The predicted molar refractivity (Wildman–Crippen MR) is 429 cm³/mol. The number of aliphatic carboxylic acids is 2. The highest BCUT2D eigenvalue weighted by Gasteiger charge is 2.43. The topological polar surface area (TPSA) is 196 Å². The number of carboxylic acid groups (broad SMARTS) is 2. The molecule has 0 aromatic carbocycles. The quantitative estimate of drug-likeness (QED) is 0.0357. The summed E-state index contributed by atoms with van der Waals surface area (Å²) < 4.78 is 64.6. The molecular weight excluding hydrogens is 1380 g/mol. The van der Waals surface area contributed by atoms with Gasteiger partial charge in [-0.1, -0.05) is 206 Å². The van der Waals surface area contributed by atoms with Crippen LogP contribution in [0.2, 0.25) is 36.3 Å². The van der Waals surface area contributed by atoms with Crippen LogP contribution in [0, 0.1) is 23.7 Å². The molecular formula is C82H149BrO16Si2. The summed E-state index contributed by atoms with van der Waals surface area (Å²) in [6.07, 6.45) is 41.8. The maximum Gasteiger partial charge on any atom is 0.329 e. The van der Waals surface area contributed by atoms with Gasteiger partial charge in [-0.25, -0.2) is 4.79 Å². The molecule has 3 rings (SSSR count). The van der Waals surface area contributed by atoms with Crippen molar-refractivity contribution < 1.29 is 76.4 Å². The fourth-order valence-corrected chi connectivity index (χ4v) is 13.7. The number of methoxy groups -OCH3 is 4. The van der Waals surface area contributed by atoms with Crippen molar-refractivity contribution in [3.05, 3.63) is 108 Å². The lowest BCUT2D eigenvalue weighted by molar-refractivity contribution is -0.148. The Kier molecular flexibility index (Phi) is 57.6. The number of alkyl halides is 1. The first-order valence-corrected chi connectivity index (χ1v) is 44.5. The first-order chi connectivity index (χ1) is 47.5. The lowest BCUT2D eigenvalue weighted by atomic mass is 9.96. The molecule has 0 fully saturated rings. The van der Waals surface area contributed by atoms with Crippen molar-refractivity contribution in [3.63, 3.8) is 0 Å². The monoisotopic (exact) mass is 1520 g/mol. The SMILES string of the molecule is C=CCCCCCOC/C(C)=C\[C@@H](C)[C@H](O[Si](C)(C)C(C)(C)C)[C@H](C=C)OC.CO[C@H]1/C=C/CCCCCOC/C(C)=C\[C@@H](C)[C@@H]1O.CO[C@H]1/C=C/CCCCCOC/C(C)=C\[C@@H](C)[C@@H]1OCC(=O)O.CO[C@H]1/C=C/CCCCCOC/C(C)=C\[C@@H](C)[C@@H]1O[Si](C)(C)C(C)(C)C.O=C(O)CBr. The fraction of sp³-hybridized carbons (Fsp3) is 0.756. The largest absolute Gasteiger partial charge is 0.481 e. The van der Waals surface area contributed by atoms with E-state index in [1.165, 1.54) is 48.8 Å². The average molecular weight is 1530 g/mol. The Morgan fingerprint density at radius 2 is 1.05 bits per heavy atom. The van der Waals surface area contributed by atoms with Crippen LogP contribution in [0.1, 0.15) is 200 Å². The molecule has 0 aliphatic carbocycles. The van der Waals surface area contributed by atoms with E-state index < -0.39 is 34.7 Å². The summed E-state index contributed by atoms with van der Waals surface area (Å²) in [6, 6.07) is 0. The van der Waals surface area contributed by atoms with E-state index in [0.717, 1.165) is 103 Å². The van der Waals surface area contributed by atoms with Crippen LogP contribution in [0.15, 0.2) is 108 Å².